The lowest BCUT2D eigenvalue weighted by Gasteiger charge is -2.31. The summed E-state index contributed by atoms with van der Waals surface area (Å²) < 4.78 is 0.903. The van der Waals surface area contributed by atoms with Gasteiger partial charge in [0.25, 0.3) is 17.7 Å². The third-order valence-electron chi connectivity index (χ3n) is 6.27. The summed E-state index contributed by atoms with van der Waals surface area (Å²) >= 11 is 9.67. The van der Waals surface area contributed by atoms with Crippen LogP contribution in [0.15, 0.2) is 65.2 Å². The summed E-state index contributed by atoms with van der Waals surface area (Å²) in [7, 11) is 0. The van der Waals surface area contributed by atoms with Crippen LogP contribution >= 0.6 is 27.5 Å². The highest BCUT2D eigenvalue weighted by Gasteiger charge is 2.61. The van der Waals surface area contributed by atoms with Gasteiger partial charge >= 0.3 is 0 Å². The van der Waals surface area contributed by atoms with Crippen LogP contribution < -0.4 is 0 Å². The van der Waals surface area contributed by atoms with Gasteiger partial charge in [0.15, 0.2) is 0 Å². The predicted molar refractivity (Wildman–Crippen MR) is 115 cm³/mol. The fourth-order valence-electron chi connectivity index (χ4n) is 4.89. The van der Waals surface area contributed by atoms with Crippen molar-refractivity contribution in [1.29, 1.82) is 0 Å². The molecule has 2 bridgehead atoms. The minimum absolute atomic E-state index is 0.0754. The lowest BCUT2D eigenvalue weighted by Crippen LogP contribution is -2.50. The number of halogens is 2. The van der Waals surface area contributed by atoms with Crippen LogP contribution in [0.25, 0.3) is 0 Å². The number of allylic oxidation sites excluding steroid dienone is 2. The van der Waals surface area contributed by atoms with E-state index < -0.39 is 5.91 Å². The maximum atomic E-state index is 13.5. The number of benzene rings is 2. The molecule has 2 aliphatic carbocycles. The molecule has 152 valence electrons. The summed E-state index contributed by atoms with van der Waals surface area (Å²) in [5.41, 5.74) is 1.06. The Bertz CT molecular complexity index is 1050. The van der Waals surface area contributed by atoms with Gasteiger partial charge in [-0.1, -0.05) is 63.9 Å². The van der Waals surface area contributed by atoms with E-state index in [0.717, 1.165) is 21.5 Å². The van der Waals surface area contributed by atoms with E-state index in [-0.39, 0.29) is 52.6 Å². The van der Waals surface area contributed by atoms with Gasteiger partial charge in [-0.25, -0.2) is 5.01 Å². The van der Waals surface area contributed by atoms with Crippen LogP contribution in [-0.4, -0.2) is 27.7 Å². The molecule has 1 heterocycles. The van der Waals surface area contributed by atoms with Crippen molar-refractivity contribution in [1.82, 2.24) is 10.0 Å². The average Bonchev–Trinajstić information content (AvgIpc) is 3.42. The van der Waals surface area contributed by atoms with E-state index in [1.807, 2.05) is 36.4 Å². The molecule has 4 atom stereocenters. The summed E-state index contributed by atoms with van der Waals surface area (Å²) in [4.78, 5) is 40.1. The Balaban J connectivity index is 1.53. The smallest absolute Gasteiger partial charge is 0.272 e. The first-order chi connectivity index (χ1) is 14.5. The Morgan fingerprint density at radius 1 is 1.00 bits per heavy atom. The highest BCUT2D eigenvalue weighted by molar-refractivity contribution is 9.10. The number of carbonyl (C=O) groups excluding carboxylic acids is 3. The molecule has 0 spiro atoms. The topological polar surface area (TPSA) is 57.7 Å². The number of hydrogen-bond acceptors (Lipinski definition) is 3. The van der Waals surface area contributed by atoms with E-state index in [1.165, 1.54) is 5.01 Å². The second kappa shape index (κ2) is 7.36. The molecule has 30 heavy (non-hydrogen) atoms. The van der Waals surface area contributed by atoms with E-state index in [0.29, 0.717) is 0 Å². The molecule has 0 unspecified atom stereocenters. The highest BCUT2D eigenvalue weighted by atomic mass is 79.9. The lowest BCUT2D eigenvalue weighted by atomic mass is 9.85. The molecule has 0 aromatic heterocycles. The molecule has 0 radical (unpaired) electrons. The van der Waals surface area contributed by atoms with Gasteiger partial charge in [0.2, 0.25) is 0 Å². The van der Waals surface area contributed by atoms with Crippen LogP contribution in [0.3, 0.4) is 0 Å². The molecule has 2 fully saturated rings. The second-order valence-corrected chi connectivity index (χ2v) is 9.28. The molecule has 0 N–H and O–H groups in total. The minimum Gasteiger partial charge on any atom is -0.272 e. The van der Waals surface area contributed by atoms with Gasteiger partial charge < -0.3 is 0 Å². The van der Waals surface area contributed by atoms with Crippen LogP contribution in [0, 0.1) is 23.7 Å². The van der Waals surface area contributed by atoms with E-state index in [9.17, 15) is 14.4 Å². The van der Waals surface area contributed by atoms with Crippen LogP contribution in [0.2, 0.25) is 5.02 Å². The summed E-state index contributed by atoms with van der Waals surface area (Å²) in [6.07, 6.45) is 4.91. The van der Waals surface area contributed by atoms with Crippen LogP contribution in [0.1, 0.15) is 22.3 Å². The first-order valence-corrected chi connectivity index (χ1v) is 11.0. The zero-order valence-electron chi connectivity index (χ0n) is 15.9. The molecular formula is C23H18BrClN2O3. The van der Waals surface area contributed by atoms with Crippen molar-refractivity contribution in [2.75, 3.05) is 0 Å². The molecule has 7 heteroatoms. The molecule has 2 aromatic rings. The molecule has 5 nitrogen and oxygen atoms in total. The molecule has 3 aliphatic rings. The molecular weight excluding hydrogens is 468 g/mol. The highest BCUT2D eigenvalue weighted by Crippen LogP contribution is 2.53. The fraction of sp³-hybridized carbons (Fsp3) is 0.261. The van der Waals surface area contributed by atoms with Crippen molar-refractivity contribution in [3.63, 3.8) is 0 Å². The Kier molecular flexibility index (Phi) is 4.79. The summed E-state index contributed by atoms with van der Waals surface area (Å²) in [5, 5.41) is 2.62. The monoisotopic (exact) mass is 484 g/mol. The van der Waals surface area contributed by atoms with Crippen molar-refractivity contribution in [3.8, 4) is 0 Å². The van der Waals surface area contributed by atoms with Gasteiger partial charge in [-0.3, -0.25) is 14.4 Å². The Hall–Kier alpha value is -2.44. The summed E-state index contributed by atoms with van der Waals surface area (Å²) in [6, 6.07) is 14.1. The molecule has 2 aromatic carbocycles. The van der Waals surface area contributed by atoms with Crippen molar-refractivity contribution in [3.05, 3.63) is 81.3 Å². The number of amides is 3. The van der Waals surface area contributed by atoms with Gasteiger partial charge in [-0.05, 0) is 48.1 Å². The van der Waals surface area contributed by atoms with Crippen LogP contribution in [-0.2, 0) is 16.1 Å². The lowest BCUT2D eigenvalue weighted by molar-refractivity contribution is -0.156. The largest absolute Gasteiger partial charge is 0.274 e. The van der Waals surface area contributed by atoms with Crippen LogP contribution in [0.4, 0.5) is 0 Å². The zero-order valence-corrected chi connectivity index (χ0v) is 18.2. The van der Waals surface area contributed by atoms with Crippen molar-refractivity contribution < 1.29 is 14.4 Å². The number of imide groups is 1. The molecule has 1 saturated heterocycles. The number of hydrogen-bond donors (Lipinski definition) is 0. The fourth-order valence-corrected chi connectivity index (χ4v) is 5.38. The minimum atomic E-state index is -0.467. The maximum Gasteiger partial charge on any atom is 0.274 e. The average molecular weight is 486 g/mol. The SMILES string of the molecule is O=C(c1ccccc1Cl)N(Cc1ccc(Br)cc1)N1C(=O)[C@@H]2[C@@H](C1=O)[C@H]1C=C[C@@H]2C1. The molecule has 1 aliphatic heterocycles. The Morgan fingerprint density at radius 3 is 2.20 bits per heavy atom. The van der Waals surface area contributed by atoms with Gasteiger partial charge in [0.1, 0.15) is 0 Å². The number of rotatable bonds is 4. The molecule has 1 saturated carbocycles. The summed E-state index contributed by atoms with van der Waals surface area (Å²) in [6.45, 7) is 0.0943. The van der Waals surface area contributed by atoms with E-state index in [1.54, 1.807) is 24.3 Å². The molecule has 3 amide bonds. The first-order valence-electron chi connectivity index (χ1n) is 9.82. The van der Waals surface area contributed by atoms with Gasteiger partial charge in [0.05, 0.1) is 29.0 Å². The zero-order chi connectivity index (χ0) is 21.0. The van der Waals surface area contributed by atoms with Crippen molar-refractivity contribution in [2.45, 2.75) is 13.0 Å². The third-order valence-corrected chi connectivity index (χ3v) is 7.13. The quantitative estimate of drug-likeness (QED) is 0.474. The molecule has 5 rings (SSSR count). The first kappa shape index (κ1) is 19.5. The number of hydrazine groups is 1. The van der Waals surface area contributed by atoms with E-state index in [4.69, 9.17) is 11.6 Å². The van der Waals surface area contributed by atoms with Gasteiger partial charge in [0, 0.05) is 4.47 Å². The normalized spacial score (nSPS) is 26.4. The van der Waals surface area contributed by atoms with Gasteiger partial charge in [-0.15, -0.1) is 0 Å². The summed E-state index contributed by atoms with van der Waals surface area (Å²) in [5.74, 6) is -1.65. The van der Waals surface area contributed by atoms with E-state index in [2.05, 4.69) is 15.9 Å². The second-order valence-electron chi connectivity index (χ2n) is 7.96. The van der Waals surface area contributed by atoms with Crippen molar-refractivity contribution >= 4 is 45.3 Å². The van der Waals surface area contributed by atoms with Crippen LogP contribution in [0.5, 0.6) is 0 Å². The van der Waals surface area contributed by atoms with E-state index >= 15 is 0 Å². The number of fused-ring (bicyclic) bond motifs is 5. The standard InChI is InChI=1S/C23H18BrClN2O3/c24-16-9-5-13(6-10-16)12-26(21(28)17-3-1-2-4-18(17)25)27-22(29)19-14-7-8-15(11-14)20(19)23(27)30/h1-10,14-15,19-20H,11-12H2/t14-,15+,19-,20-/m0/s1. The number of nitrogens with zero attached hydrogens (tertiary/aromatic N) is 2. The Morgan fingerprint density at radius 2 is 1.60 bits per heavy atom. The van der Waals surface area contributed by atoms with Crippen molar-refractivity contribution in [2.24, 2.45) is 23.7 Å². The maximum absolute atomic E-state index is 13.5. The predicted octanol–water partition coefficient (Wildman–Crippen LogP) is 4.47. The van der Waals surface area contributed by atoms with Gasteiger partial charge in [-0.2, -0.15) is 5.01 Å². The number of carbonyl (C=O) groups is 3. The third kappa shape index (κ3) is 3.01. The Labute approximate surface area is 187 Å².